The Hall–Kier alpha value is -1.36. The Bertz CT molecular complexity index is 334. The van der Waals surface area contributed by atoms with Crippen LogP contribution in [-0.4, -0.2) is 23.5 Å². The van der Waals surface area contributed by atoms with Gasteiger partial charge in [0.1, 0.15) is 5.76 Å². The monoisotopic (exact) mass is 225 g/mol. The Kier molecular flexibility index (Phi) is 4.98. The van der Waals surface area contributed by atoms with Gasteiger partial charge in [-0.1, -0.05) is 20.8 Å². The average molecular weight is 225 g/mol. The molecule has 5 heteroatoms. The molecule has 0 bridgehead atoms. The van der Waals surface area contributed by atoms with Crippen LogP contribution in [0.15, 0.2) is 10.6 Å². The summed E-state index contributed by atoms with van der Waals surface area (Å²) in [7, 11) is 0. The Morgan fingerprint density at radius 2 is 2.31 bits per heavy atom. The summed E-state index contributed by atoms with van der Waals surface area (Å²) in [4.78, 5) is 15.4. The molecule has 0 radical (unpaired) electrons. The lowest BCUT2D eigenvalue weighted by atomic mass is 10.4. The number of amides is 1. The van der Waals surface area contributed by atoms with Crippen molar-refractivity contribution in [2.75, 3.05) is 6.54 Å². The van der Waals surface area contributed by atoms with Crippen LogP contribution in [0.4, 0.5) is 0 Å². The predicted octanol–water partition coefficient (Wildman–Crippen LogP) is 0.851. The number of aryl methyl sites for hydroxylation is 1. The molecule has 0 aliphatic heterocycles. The molecule has 1 rings (SSSR count). The van der Waals surface area contributed by atoms with Crippen LogP contribution in [-0.2, 0) is 17.8 Å². The summed E-state index contributed by atoms with van der Waals surface area (Å²) in [6, 6.07) is 0.305. The third-order valence-corrected chi connectivity index (χ3v) is 2.06. The number of carbonyl (C=O) groups is 1. The van der Waals surface area contributed by atoms with Crippen molar-refractivity contribution in [3.63, 3.8) is 0 Å². The Morgan fingerprint density at radius 1 is 1.56 bits per heavy atom. The number of carbonyl (C=O) groups excluding carboxylic acids is 1. The van der Waals surface area contributed by atoms with Crippen LogP contribution in [0.25, 0.3) is 0 Å². The quantitative estimate of drug-likeness (QED) is 0.753. The average Bonchev–Trinajstić information content (AvgIpc) is 2.71. The summed E-state index contributed by atoms with van der Waals surface area (Å²) < 4.78 is 5.36. The second-order valence-electron chi connectivity index (χ2n) is 3.89. The molecule has 0 spiro atoms. The highest BCUT2D eigenvalue weighted by Crippen LogP contribution is 2.03. The minimum atomic E-state index is -0.0510. The van der Waals surface area contributed by atoms with Crippen LogP contribution < -0.4 is 10.6 Å². The zero-order valence-electron chi connectivity index (χ0n) is 10.0. The molecule has 0 saturated carbocycles. The topological polar surface area (TPSA) is 67.2 Å². The second-order valence-corrected chi connectivity index (χ2v) is 3.89. The van der Waals surface area contributed by atoms with E-state index in [4.69, 9.17) is 4.42 Å². The number of aromatic nitrogens is 1. The van der Waals surface area contributed by atoms with Gasteiger partial charge >= 0.3 is 0 Å². The van der Waals surface area contributed by atoms with Crippen LogP contribution in [0, 0.1) is 0 Å². The van der Waals surface area contributed by atoms with Crippen molar-refractivity contribution in [3.05, 3.63) is 17.8 Å². The van der Waals surface area contributed by atoms with Crippen LogP contribution in [0.2, 0.25) is 0 Å². The first kappa shape index (κ1) is 12.7. The fourth-order valence-electron chi connectivity index (χ4n) is 1.13. The molecule has 5 nitrogen and oxygen atoms in total. The van der Waals surface area contributed by atoms with E-state index in [0.717, 1.165) is 12.2 Å². The standard InChI is InChI=1S/C11H19N3O2/c1-4-9-5-14-11(16-9)7-13-10(15)6-12-8(2)3/h5,8,12H,4,6-7H2,1-3H3,(H,13,15). The van der Waals surface area contributed by atoms with Crippen LogP contribution >= 0.6 is 0 Å². The molecule has 1 aromatic rings. The van der Waals surface area contributed by atoms with Gasteiger partial charge in [0, 0.05) is 12.5 Å². The van der Waals surface area contributed by atoms with E-state index in [2.05, 4.69) is 15.6 Å². The van der Waals surface area contributed by atoms with E-state index >= 15 is 0 Å². The van der Waals surface area contributed by atoms with Crippen molar-refractivity contribution in [2.24, 2.45) is 0 Å². The van der Waals surface area contributed by atoms with Gasteiger partial charge in [-0.3, -0.25) is 4.79 Å². The normalized spacial score (nSPS) is 10.8. The third kappa shape index (κ3) is 4.44. The first-order valence-electron chi connectivity index (χ1n) is 5.55. The minimum absolute atomic E-state index is 0.0510. The molecular weight excluding hydrogens is 206 g/mol. The summed E-state index contributed by atoms with van der Waals surface area (Å²) in [5.74, 6) is 1.34. The van der Waals surface area contributed by atoms with Gasteiger partial charge in [0.15, 0.2) is 0 Å². The van der Waals surface area contributed by atoms with Gasteiger partial charge < -0.3 is 15.1 Å². The van der Waals surface area contributed by atoms with Gasteiger partial charge in [0.25, 0.3) is 0 Å². The summed E-state index contributed by atoms with van der Waals surface area (Å²) in [6.45, 7) is 6.65. The highest BCUT2D eigenvalue weighted by atomic mass is 16.4. The lowest BCUT2D eigenvalue weighted by molar-refractivity contribution is -0.120. The molecule has 1 heterocycles. The van der Waals surface area contributed by atoms with Gasteiger partial charge in [-0.25, -0.2) is 4.98 Å². The largest absolute Gasteiger partial charge is 0.444 e. The SMILES string of the molecule is CCc1cnc(CNC(=O)CNC(C)C)o1. The van der Waals surface area contributed by atoms with Crippen molar-refractivity contribution in [1.82, 2.24) is 15.6 Å². The molecule has 90 valence electrons. The second kappa shape index (κ2) is 6.27. The molecule has 0 aliphatic carbocycles. The zero-order chi connectivity index (χ0) is 12.0. The molecule has 0 atom stereocenters. The van der Waals surface area contributed by atoms with Gasteiger partial charge in [0.05, 0.1) is 19.3 Å². The Labute approximate surface area is 95.6 Å². The molecule has 1 amide bonds. The molecule has 0 aliphatic rings. The highest BCUT2D eigenvalue weighted by Gasteiger charge is 2.05. The van der Waals surface area contributed by atoms with E-state index in [-0.39, 0.29) is 5.91 Å². The molecule has 0 unspecified atom stereocenters. The number of nitrogens with zero attached hydrogens (tertiary/aromatic N) is 1. The smallest absolute Gasteiger partial charge is 0.234 e. The van der Waals surface area contributed by atoms with E-state index in [9.17, 15) is 4.79 Å². The summed E-state index contributed by atoms with van der Waals surface area (Å²) in [5.41, 5.74) is 0. The Morgan fingerprint density at radius 3 is 2.88 bits per heavy atom. The maximum Gasteiger partial charge on any atom is 0.234 e. The number of rotatable bonds is 6. The van der Waals surface area contributed by atoms with E-state index in [0.29, 0.717) is 25.0 Å². The maximum atomic E-state index is 11.4. The minimum Gasteiger partial charge on any atom is -0.444 e. The molecule has 1 aromatic heterocycles. The van der Waals surface area contributed by atoms with Crippen molar-refractivity contribution >= 4 is 5.91 Å². The van der Waals surface area contributed by atoms with Crippen LogP contribution in [0.3, 0.4) is 0 Å². The molecule has 0 aromatic carbocycles. The number of hydrogen-bond acceptors (Lipinski definition) is 4. The van der Waals surface area contributed by atoms with Crippen molar-refractivity contribution < 1.29 is 9.21 Å². The van der Waals surface area contributed by atoms with E-state index in [1.807, 2.05) is 20.8 Å². The van der Waals surface area contributed by atoms with Gasteiger partial charge in [-0.2, -0.15) is 0 Å². The number of nitrogens with one attached hydrogen (secondary N) is 2. The van der Waals surface area contributed by atoms with Crippen LogP contribution in [0.5, 0.6) is 0 Å². The van der Waals surface area contributed by atoms with E-state index in [1.165, 1.54) is 0 Å². The van der Waals surface area contributed by atoms with E-state index in [1.54, 1.807) is 6.20 Å². The molecular formula is C11H19N3O2. The zero-order valence-corrected chi connectivity index (χ0v) is 10.0. The molecule has 0 fully saturated rings. The maximum absolute atomic E-state index is 11.4. The fraction of sp³-hybridized carbons (Fsp3) is 0.636. The van der Waals surface area contributed by atoms with Crippen LogP contribution in [0.1, 0.15) is 32.4 Å². The highest BCUT2D eigenvalue weighted by molar-refractivity contribution is 5.77. The van der Waals surface area contributed by atoms with E-state index < -0.39 is 0 Å². The predicted molar refractivity (Wildman–Crippen MR) is 60.9 cm³/mol. The van der Waals surface area contributed by atoms with Crippen molar-refractivity contribution in [1.29, 1.82) is 0 Å². The summed E-state index contributed by atoms with van der Waals surface area (Å²) in [5, 5.41) is 5.77. The summed E-state index contributed by atoms with van der Waals surface area (Å²) in [6.07, 6.45) is 2.50. The van der Waals surface area contributed by atoms with Crippen molar-refractivity contribution in [2.45, 2.75) is 39.8 Å². The third-order valence-electron chi connectivity index (χ3n) is 2.06. The number of hydrogen-bond donors (Lipinski definition) is 2. The Balaban J connectivity index is 2.26. The fourth-order valence-corrected chi connectivity index (χ4v) is 1.13. The van der Waals surface area contributed by atoms with Gasteiger partial charge in [0.2, 0.25) is 11.8 Å². The van der Waals surface area contributed by atoms with Crippen molar-refractivity contribution in [3.8, 4) is 0 Å². The summed E-state index contributed by atoms with van der Waals surface area (Å²) >= 11 is 0. The first-order valence-corrected chi connectivity index (χ1v) is 5.55. The lowest BCUT2D eigenvalue weighted by Crippen LogP contribution is -2.36. The lowest BCUT2D eigenvalue weighted by Gasteiger charge is -2.07. The molecule has 0 saturated heterocycles. The molecule has 2 N–H and O–H groups in total. The first-order chi connectivity index (χ1) is 7.61. The van der Waals surface area contributed by atoms with Gasteiger partial charge in [-0.05, 0) is 0 Å². The molecule has 16 heavy (non-hydrogen) atoms. The van der Waals surface area contributed by atoms with Gasteiger partial charge in [-0.15, -0.1) is 0 Å². The number of oxazole rings is 1.